The third kappa shape index (κ3) is 3.57. The van der Waals surface area contributed by atoms with Crippen LogP contribution < -0.4 is 0 Å². The monoisotopic (exact) mass is 248 g/mol. The fourth-order valence-corrected chi connectivity index (χ4v) is 2.06. The smallest absolute Gasteiger partial charge is 0.309 e. The van der Waals surface area contributed by atoms with E-state index < -0.39 is 0 Å². The van der Waals surface area contributed by atoms with Crippen molar-refractivity contribution in [2.45, 2.75) is 32.3 Å². The predicted molar refractivity (Wildman–Crippen MR) is 69.3 cm³/mol. The van der Waals surface area contributed by atoms with Crippen molar-refractivity contribution in [2.24, 2.45) is 5.92 Å². The fraction of sp³-hybridized carbons (Fsp3) is 0.533. The minimum absolute atomic E-state index is 0.0476. The Hall–Kier alpha value is -1.35. The third-order valence-corrected chi connectivity index (χ3v) is 3.10. The number of hydrogen-bond donors (Lipinski definition) is 0. The number of carbonyl (C=O) groups is 1. The lowest BCUT2D eigenvalue weighted by Crippen LogP contribution is -2.14. The predicted octanol–water partition coefficient (Wildman–Crippen LogP) is 2.76. The summed E-state index contributed by atoms with van der Waals surface area (Å²) in [6, 6.07) is 10.1. The van der Waals surface area contributed by atoms with Crippen molar-refractivity contribution in [3.63, 3.8) is 0 Å². The molecule has 3 heteroatoms. The second kappa shape index (κ2) is 6.01. The molecule has 1 fully saturated rings. The van der Waals surface area contributed by atoms with Gasteiger partial charge in [0, 0.05) is 0 Å². The molecule has 1 aliphatic rings. The van der Waals surface area contributed by atoms with Gasteiger partial charge in [0.25, 0.3) is 0 Å². The van der Waals surface area contributed by atoms with E-state index >= 15 is 0 Å². The molecule has 0 radical (unpaired) electrons. The molecule has 0 spiro atoms. The molecule has 0 aromatic heterocycles. The van der Waals surface area contributed by atoms with Crippen molar-refractivity contribution in [2.75, 3.05) is 13.2 Å². The molecular formula is C15H20O3. The van der Waals surface area contributed by atoms with E-state index in [1.165, 1.54) is 5.56 Å². The Morgan fingerprint density at radius 1 is 1.28 bits per heavy atom. The van der Waals surface area contributed by atoms with E-state index in [0.29, 0.717) is 19.1 Å². The van der Waals surface area contributed by atoms with Crippen LogP contribution in [-0.4, -0.2) is 25.3 Å². The normalized spacial score (nSPS) is 21.9. The molecule has 0 aliphatic heterocycles. The molecule has 0 unspecified atom stereocenters. The minimum atomic E-state index is -0.0868. The van der Waals surface area contributed by atoms with Crippen molar-refractivity contribution < 1.29 is 14.3 Å². The molecule has 0 heterocycles. The van der Waals surface area contributed by atoms with Crippen LogP contribution >= 0.6 is 0 Å². The molecule has 0 saturated heterocycles. The molecule has 1 aromatic rings. The molecular weight excluding hydrogens is 228 g/mol. The van der Waals surface area contributed by atoms with Gasteiger partial charge in [0.2, 0.25) is 0 Å². The van der Waals surface area contributed by atoms with Crippen LogP contribution in [0.2, 0.25) is 0 Å². The van der Waals surface area contributed by atoms with Crippen molar-refractivity contribution >= 4 is 5.97 Å². The molecule has 98 valence electrons. The van der Waals surface area contributed by atoms with Crippen LogP contribution in [0.5, 0.6) is 0 Å². The van der Waals surface area contributed by atoms with E-state index in [4.69, 9.17) is 9.47 Å². The lowest BCUT2D eigenvalue weighted by molar-refractivity contribution is -0.147. The minimum Gasteiger partial charge on any atom is -0.463 e. The largest absolute Gasteiger partial charge is 0.463 e. The number of carbonyl (C=O) groups excluding carboxylic acids is 1. The average Bonchev–Trinajstić information content (AvgIpc) is 3.15. The second-order valence-corrected chi connectivity index (χ2v) is 4.95. The number of esters is 1. The summed E-state index contributed by atoms with van der Waals surface area (Å²) >= 11 is 0. The van der Waals surface area contributed by atoms with Gasteiger partial charge in [0.15, 0.2) is 0 Å². The summed E-state index contributed by atoms with van der Waals surface area (Å²) in [6.07, 6.45) is 1.09. The fourth-order valence-electron chi connectivity index (χ4n) is 2.06. The topological polar surface area (TPSA) is 35.5 Å². The van der Waals surface area contributed by atoms with E-state index in [9.17, 15) is 4.79 Å². The summed E-state index contributed by atoms with van der Waals surface area (Å²) in [5.41, 5.74) is 1.23. The maximum Gasteiger partial charge on any atom is 0.309 e. The first-order valence-electron chi connectivity index (χ1n) is 6.51. The van der Waals surface area contributed by atoms with E-state index in [0.717, 1.165) is 6.42 Å². The van der Waals surface area contributed by atoms with E-state index in [-0.39, 0.29) is 18.0 Å². The van der Waals surface area contributed by atoms with Crippen LogP contribution in [-0.2, 0) is 14.3 Å². The molecule has 1 aromatic carbocycles. The SMILES string of the molecule is CC(C)OCCOC(=O)[C@@H]1C[C@H]1c1ccccc1. The Morgan fingerprint density at radius 3 is 2.67 bits per heavy atom. The lowest BCUT2D eigenvalue weighted by atomic mass is 10.1. The van der Waals surface area contributed by atoms with Crippen molar-refractivity contribution in [1.29, 1.82) is 0 Å². The van der Waals surface area contributed by atoms with Gasteiger partial charge in [-0.05, 0) is 31.7 Å². The molecule has 0 bridgehead atoms. The highest BCUT2D eigenvalue weighted by Crippen LogP contribution is 2.47. The van der Waals surface area contributed by atoms with Gasteiger partial charge < -0.3 is 9.47 Å². The number of rotatable bonds is 6. The molecule has 0 amide bonds. The van der Waals surface area contributed by atoms with Gasteiger partial charge in [-0.15, -0.1) is 0 Å². The summed E-state index contributed by atoms with van der Waals surface area (Å²) in [6.45, 7) is 4.77. The third-order valence-electron chi connectivity index (χ3n) is 3.10. The zero-order valence-corrected chi connectivity index (χ0v) is 11.0. The zero-order valence-electron chi connectivity index (χ0n) is 11.0. The van der Waals surface area contributed by atoms with Crippen LogP contribution in [0, 0.1) is 5.92 Å². The van der Waals surface area contributed by atoms with Gasteiger partial charge in [-0.1, -0.05) is 30.3 Å². The molecule has 2 rings (SSSR count). The Balaban J connectivity index is 1.70. The second-order valence-electron chi connectivity index (χ2n) is 4.95. The maximum absolute atomic E-state index is 11.8. The Morgan fingerprint density at radius 2 is 2.00 bits per heavy atom. The Labute approximate surface area is 108 Å². The molecule has 18 heavy (non-hydrogen) atoms. The summed E-state index contributed by atoms with van der Waals surface area (Å²) in [7, 11) is 0. The quantitative estimate of drug-likeness (QED) is 0.573. The van der Waals surface area contributed by atoms with Crippen LogP contribution in [0.4, 0.5) is 0 Å². The van der Waals surface area contributed by atoms with Crippen molar-refractivity contribution in [1.82, 2.24) is 0 Å². The highest BCUT2D eigenvalue weighted by atomic mass is 16.6. The van der Waals surface area contributed by atoms with E-state index in [2.05, 4.69) is 12.1 Å². The standard InChI is InChI=1S/C15H20O3/c1-11(2)17-8-9-18-15(16)14-10-13(14)12-6-4-3-5-7-12/h3-7,11,13-14H,8-10H2,1-2H3/t13-,14+/m0/s1. The van der Waals surface area contributed by atoms with E-state index in [1.807, 2.05) is 32.0 Å². The molecule has 3 nitrogen and oxygen atoms in total. The van der Waals surface area contributed by atoms with Crippen LogP contribution in [0.25, 0.3) is 0 Å². The molecule has 1 saturated carbocycles. The van der Waals surface area contributed by atoms with Gasteiger partial charge in [-0.2, -0.15) is 0 Å². The zero-order chi connectivity index (χ0) is 13.0. The number of ether oxygens (including phenoxy) is 2. The molecule has 1 aliphatic carbocycles. The first-order chi connectivity index (χ1) is 8.68. The molecule has 2 atom stereocenters. The van der Waals surface area contributed by atoms with Gasteiger partial charge >= 0.3 is 5.97 Å². The van der Waals surface area contributed by atoms with Gasteiger partial charge in [0.1, 0.15) is 6.61 Å². The molecule has 0 N–H and O–H groups in total. The van der Waals surface area contributed by atoms with Crippen molar-refractivity contribution in [3.05, 3.63) is 35.9 Å². The number of hydrogen-bond acceptors (Lipinski definition) is 3. The van der Waals surface area contributed by atoms with Gasteiger partial charge in [-0.3, -0.25) is 4.79 Å². The lowest BCUT2D eigenvalue weighted by Gasteiger charge is -2.08. The van der Waals surface area contributed by atoms with Crippen LogP contribution in [0.1, 0.15) is 31.7 Å². The van der Waals surface area contributed by atoms with E-state index in [1.54, 1.807) is 0 Å². The first-order valence-corrected chi connectivity index (χ1v) is 6.51. The highest BCUT2D eigenvalue weighted by Gasteiger charge is 2.45. The Kier molecular flexibility index (Phi) is 4.37. The average molecular weight is 248 g/mol. The first kappa shape index (κ1) is 13.1. The van der Waals surface area contributed by atoms with Gasteiger partial charge in [0.05, 0.1) is 18.6 Å². The Bertz CT molecular complexity index is 386. The van der Waals surface area contributed by atoms with Gasteiger partial charge in [-0.25, -0.2) is 0 Å². The summed E-state index contributed by atoms with van der Waals surface area (Å²) in [5, 5.41) is 0. The summed E-state index contributed by atoms with van der Waals surface area (Å²) in [5.74, 6) is 0.312. The number of benzene rings is 1. The van der Waals surface area contributed by atoms with Crippen LogP contribution in [0.3, 0.4) is 0 Å². The van der Waals surface area contributed by atoms with Crippen LogP contribution in [0.15, 0.2) is 30.3 Å². The summed E-state index contributed by atoms with van der Waals surface area (Å²) in [4.78, 5) is 11.8. The maximum atomic E-state index is 11.8. The summed E-state index contributed by atoms with van der Waals surface area (Å²) < 4.78 is 10.5. The highest BCUT2D eigenvalue weighted by molar-refractivity contribution is 5.77. The van der Waals surface area contributed by atoms with Crippen molar-refractivity contribution in [3.8, 4) is 0 Å².